The largest absolute Gasteiger partial charge is 0.479 e. The minimum absolute atomic E-state index is 0.278. The van der Waals surface area contributed by atoms with Crippen LogP contribution < -0.4 is 0 Å². The molecule has 0 amide bonds. The Morgan fingerprint density at radius 3 is 2.24 bits per heavy atom. The SMILES string of the molecule is CCC1CCC(C(C)(C)C(OC)C(=O)O)CC1. The van der Waals surface area contributed by atoms with Gasteiger partial charge >= 0.3 is 5.97 Å². The minimum atomic E-state index is -0.838. The minimum Gasteiger partial charge on any atom is -0.479 e. The lowest BCUT2D eigenvalue weighted by atomic mass is 9.66. The van der Waals surface area contributed by atoms with E-state index in [1.54, 1.807) is 0 Å². The molecule has 0 spiro atoms. The number of hydrogen-bond acceptors (Lipinski definition) is 2. The molecule has 0 saturated heterocycles. The van der Waals surface area contributed by atoms with Crippen LogP contribution in [0.3, 0.4) is 0 Å². The van der Waals surface area contributed by atoms with Gasteiger partial charge in [0.15, 0.2) is 6.10 Å². The molecule has 1 N–H and O–H groups in total. The predicted molar refractivity (Wildman–Crippen MR) is 68.0 cm³/mol. The van der Waals surface area contributed by atoms with Crippen LogP contribution in [0.15, 0.2) is 0 Å². The molecular weight excluding hydrogens is 216 g/mol. The Kier molecular flexibility index (Phi) is 4.99. The van der Waals surface area contributed by atoms with Crippen LogP contribution in [0.25, 0.3) is 0 Å². The van der Waals surface area contributed by atoms with E-state index in [4.69, 9.17) is 4.74 Å². The van der Waals surface area contributed by atoms with Crippen molar-refractivity contribution < 1.29 is 14.6 Å². The van der Waals surface area contributed by atoms with Gasteiger partial charge in [-0.15, -0.1) is 0 Å². The lowest BCUT2D eigenvalue weighted by Gasteiger charge is -2.41. The van der Waals surface area contributed by atoms with Crippen LogP contribution in [-0.4, -0.2) is 24.3 Å². The van der Waals surface area contributed by atoms with Gasteiger partial charge < -0.3 is 9.84 Å². The van der Waals surface area contributed by atoms with Crippen molar-refractivity contribution in [2.45, 2.75) is 59.0 Å². The summed E-state index contributed by atoms with van der Waals surface area (Å²) in [5, 5.41) is 9.21. The van der Waals surface area contributed by atoms with Crippen molar-refractivity contribution in [1.29, 1.82) is 0 Å². The molecule has 0 heterocycles. The summed E-state index contributed by atoms with van der Waals surface area (Å²) in [6, 6.07) is 0. The van der Waals surface area contributed by atoms with Crippen molar-refractivity contribution >= 4 is 5.97 Å². The molecule has 17 heavy (non-hydrogen) atoms. The van der Waals surface area contributed by atoms with Gasteiger partial charge in [0, 0.05) is 12.5 Å². The third kappa shape index (κ3) is 3.21. The van der Waals surface area contributed by atoms with Crippen LogP contribution in [0, 0.1) is 17.3 Å². The molecule has 0 aromatic rings. The summed E-state index contributed by atoms with van der Waals surface area (Å²) in [5.74, 6) is 0.467. The second kappa shape index (κ2) is 5.85. The molecule has 1 rings (SSSR count). The normalized spacial score (nSPS) is 27.8. The van der Waals surface area contributed by atoms with Gasteiger partial charge in [-0.25, -0.2) is 4.79 Å². The van der Waals surface area contributed by atoms with E-state index in [0.717, 1.165) is 18.8 Å². The number of aliphatic carboxylic acids is 1. The van der Waals surface area contributed by atoms with Crippen LogP contribution in [0.2, 0.25) is 0 Å². The molecule has 1 saturated carbocycles. The average molecular weight is 242 g/mol. The van der Waals surface area contributed by atoms with Gasteiger partial charge in [-0.1, -0.05) is 40.0 Å². The van der Waals surface area contributed by atoms with Crippen molar-refractivity contribution in [2.75, 3.05) is 7.11 Å². The van der Waals surface area contributed by atoms with E-state index in [0.29, 0.717) is 5.92 Å². The van der Waals surface area contributed by atoms with E-state index >= 15 is 0 Å². The quantitative estimate of drug-likeness (QED) is 0.804. The number of rotatable bonds is 5. The lowest BCUT2D eigenvalue weighted by molar-refractivity contribution is -0.160. The number of ether oxygens (including phenoxy) is 1. The molecule has 0 aliphatic heterocycles. The van der Waals surface area contributed by atoms with E-state index in [1.807, 2.05) is 13.8 Å². The second-order valence-electron chi connectivity index (χ2n) is 5.90. The lowest BCUT2D eigenvalue weighted by Crippen LogP contribution is -2.44. The zero-order chi connectivity index (χ0) is 13.1. The Labute approximate surface area is 105 Å². The molecule has 1 atom stereocenters. The molecule has 1 fully saturated rings. The van der Waals surface area contributed by atoms with Gasteiger partial charge in [0.05, 0.1) is 0 Å². The second-order valence-corrected chi connectivity index (χ2v) is 5.90. The van der Waals surface area contributed by atoms with Gasteiger partial charge in [-0.2, -0.15) is 0 Å². The van der Waals surface area contributed by atoms with E-state index in [-0.39, 0.29) is 5.41 Å². The highest BCUT2D eigenvalue weighted by Crippen LogP contribution is 2.43. The third-order valence-corrected chi connectivity index (χ3v) is 4.61. The maximum absolute atomic E-state index is 11.2. The summed E-state index contributed by atoms with van der Waals surface area (Å²) >= 11 is 0. The molecule has 1 aliphatic rings. The topological polar surface area (TPSA) is 46.5 Å². The maximum atomic E-state index is 11.2. The Morgan fingerprint density at radius 1 is 1.35 bits per heavy atom. The molecule has 100 valence electrons. The van der Waals surface area contributed by atoms with E-state index in [2.05, 4.69) is 6.92 Å². The number of carbonyl (C=O) groups is 1. The first-order valence-corrected chi connectivity index (χ1v) is 6.69. The predicted octanol–water partition coefficient (Wildman–Crippen LogP) is 3.33. The molecule has 0 bridgehead atoms. The van der Waals surface area contributed by atoms with Gasteiger partial charge in [-0.3, -0.25) is 0 Å². The molecule has 0 aromatic carbocycles. The zero-order valence-electron chi connectivity index (χ0n) is 11.5. The number of carboxylic acids is 1. The van der Waals surface area contributed by atoms with E-state index in [9.17, 15) is 9.90 Å². The summed E-state index contributed by atoms with van der Waals surface area (Å²) in [4.78, 5) is 11.2. The first-order valence-electron chi connectivity index (χ1n) is 6.69. The van der Waals surface area contributed by atoms with Crippen LogP contribution in [-0.2, 0) is 9.53 Å². The third-order valence-electron chi connectivity index (χ3n) is 4.61. The monoisotopic (exact) mass is 242 g/mol. The van der Waals surface area contributed by atoms with Gasteiger partial charge in [-0.05, 0) is 24.7 Å². The average Bonchev–Trinajstić information content (AvgIpc) is 2.29. The van der Waals surface area contributed by atoms with Crippen molar-refractivity contribution in [3.63, 3.8) is 0 Å². The van der Waals surface area contributed by atoms with Gasteiger partial charge in [0.2, 0.25) is 0 Å². The van der Waals surface area contributed by atoms with Crippen LogP contribution in [0.4, 0.5) is 0 Å². The van der Waals surface area contributed by atoms with Crippen LogP contribution in [0.5, 0.6) is 0 Å². The van der Waals surface area contributed by atoms with Crippen molar-refractivity contribution in [2.24, 2.45) is 17.3 Å². The maximum Gasteiger partial charge on any atom is 0.333 e. The fourth-order valence-corrected chi connectivity index (χ4v) is 3.25. The first-order chi connectivity index (χ1) is 7.93. The fraction of sp³-hybridized carbons (Fsp3) is 0.929. The molecule has 1 unspecified atom stereocenters. The number of hydrogen-bond donors (Lipinski definition) is 1. The zero-order valence-corrected chi connectivity index (χ0v) is 11.5. The Balaban J connectivity index is 2.67. The van der Waals surface area contributed by atoms with Crippen molar-refractivity contribution in [3.05, 3.63) is 0 Å². The first kappa shape index (κ1) is 14.5. The standard InChI is InChI=1S/C14H26O3/c1-5-10-6-8-11(9-7-10)14(2,3)12(17-4)13(15)16/h10-12H,5-9H2,1-4H3,(H,15,16). The Bertz CT molecular complexity index is 252. The number of carboxylic acid groups (broad SMARTS) is 1. The number of methoxy groups -OCH3 is 1. The summed E-state index contributed by atoms with van der Waals surface area (Å²) in [6.45, 7) is 6.31. The molecule has 3 heteroatoms. The molecule has 0 radical (unpaired) electrons. The molecule has 0 aromatic heterocycles. The summed E-state index contributed by atoms with van der Waals surface area (Å²) in [6.07, 6.45) is 5.31. The van der Waals surface area contributed by atoms with Gasteiger partial charge in [0.1, 0.15) is 0 Å². The van der Waals surface area contributed by atoms with Crippen molar-refractivity contribution in [1.82, 2.24) is 0 Å². The van der Waals surface area contributed by atoms with Gasteiger partial charge in [0.25, 0.3) is 0 Å². The van der Waals surface area contributed by atoms with Crippen molar-refractivity contribution in [3.8, 4) is 0 Å². The van der Waals surface area contributed by atoms with E-state index < -0.39 is 12.1 Å². The summed E-state index contributed by atoms with van der Waals surface area (Å²) < 4.78 is 5.18. The Hall–Kier alpha value is -0.570. The smallest absolute Gasteiger partial charge is 0.333 e. The summed E-state index contributed by atoms with van der Waals surface area (Å²) in [5.41, 5.74) is -0.278. The molecule has 1 aliphatic carbocycles. The summed E-state index contributed by atoms with van der Waals surface area (Å²) in [7, 11) is 1.50. The van der Waals surface area contributed by atoms with Crippen LogP contribution in [0.1, 0.15) is 52.9 Å². The highest BCUT2D eigenvalue weighted by molar-refractivity contribution is 5.73. The highest BCUT2D eigenvalue weighted by atomic mass is 16.5. The Morgan fingerprint density at radius 2 is 1.88 bits per heavy atom. The molecular formula is C14H26O3. The highest BCUT2D eigenvalue weighted by Gasteiger charge is 2.42. The molecule has 3 nitrogen and oxygen atoms in total. The van der Waals surface area contributed by atoms with E-state index in [1.165, 1.54) is 26.4 Å². The fourth-order valence-electron chi connectivity index (χ4n) is 3.25. The van der Waals surface area contributed by atoms with Crippen LogP contribution >= 0.6 is 0 Å².